The summed E-state index contributed by atoms with van der Waals surface area (Å²) in [4.78, 5) is 59.3. The molecule has 250 valence electrons. The molecule has 1 fully saturated rings. The van der Waals surface area contributed by atoms with Crippen molar-refractivity contribution in [3.8, 4) is 0 Å². The lowest BCUT2D eigenvalue weighted by Gasteiger charge is -2.49. The first-order valence-corrected chi connectivity index (χ1v) is 16.3. The van der Waals surface area contributed by atoms with E-state index in [1.165, 1.54) is 46.7 Å². The summed E-state index contributed by atoms with van der Waals surface area (Å²) in [6.07, 6.45) is -1.22. The zero-order valence-electron chi connectivity index (χ0n) is 25.5. The van der Waals surface area contributed by atoms with E-state index in [0.717, 1.165) is 6.54 Å². The zero-order valence-corrected chi connectivity index (χ0v) is 29.6. The fourth-order valence-electron chi connectivity index (χ4n) is 4.02. The maximum Gasteiger partial charge on any atom is 0.358 e. The molecule has 0 bridgehead atoms. The van der Waals surface area contributed by atoms with Crippen LogP contribution >= 0.6 is 59.7 Å². The Hall–Kier alpha value is -2.64. The van der Waals surface area contributed by atoms with E-state index in [1.807, 2.05) is 19.0 Å². The summed E-state index contributed by atoms with van der Waals surface area (Å²) in [6.45, 7) is 7.81. The molecular formula is C25H37Cl2N9O6S3. The first-order chi connectivity index (χ1) is 20.2. The second-order valence-corrected chi connectivity index (χ2v) is 14.1. The van der Waals surface area contributed by atoms with Gasteiger partial charge in [-0.1, -0.05) is 11.8 Å². The molecule has 15 nitrogen and oxygen atoms in total. The highest BCUT2D eigenvalue weighted by Crippen LogP contribution is 2.42. The van der Waals surface area contributed by atoms with E-state index in [4.69, 9.17) is 15.2 Å². The number of β-lactam (4-membered cyclic amide) rings is 1. The molecule has 0 aliphatic carbocycles. The molecule has 4 heterocycles. The summed E-state index contributed by atoms with van der Waals surface area (Å²) < 4.78 is 12.5. The van der Waals surface area contributed by atoms with Gasteiger partial charge in [-0.05, 0) is 50.9 Å². The molecule has 1 saturated heterocycles. The molecule has 45 heavy (non-hydrogen) atoms. The molecule has 2 aromatic rings. The molecule has 0 spiro atoms. The highest BCUT2D eigenvalue weighted by atomic mass is 35.5. The largest absolute Gasteiger partial charge is 0.425 e. The van der Waals surface area contributed by atoms with Crippen LogP contribution in [0.25, 0.3) is 0 Å². The number of anilines is 1. The normalized spacial score (nSPS) is 18.3. The van der Waals surface area contributed by atoms with Crippen molar-refractivity contribution in [3.63, 3.8) is 0 Å². The van der Waals surface area contributed by atoms with Crippen LogP contribution < -0.4 is 11.1 Å². The fourth-order valence-corrected chi connectivity index (χ4v) is 6.97. The van der Waals surface area contributed by atoms with Gasteiger partial charge in [0.15, 0.2) is 5.13 Å². The van der Waals surface area contributed by atoms with Crippen molar-refractivity contribution in [1.82, 2.24) is 40.3 Å². The molecule has 2 aromatic heterocycles. The lowest BCUT2D eigenvalue weighted by molar-refractivity contribution is -0.190. The number of thioether (sulfide) groups is 2. The number of aromatic nitrogens is 5. The summed E-state index contributed by atoms with van der Waals surface area (Å²) in [6, 6.07) is -0.833. The quantitative estimate of drug-likeness (QED) is 0.139. The van der Waals surface area contributed by atoms with Crippen molar-refractivity contribution in [2.24, 2.45) is 5.41 Å². The maximum absolute atomic E-state index is 13.5. The number of nitrogen functional groups attached to an aromatic ring is 1. The SMILES string of the molecule is CC(OC(=O)C1=C(CSc2nnnn2CCN(C)C)CS[C@@H]2[C@H](NC(=O)Cc3csc(N)n3)C(=O)N12)OC(=O)C(C)(C)C.Cl.Cl. The Morgan fingerprint density at radius 2 is 1.96 bits per heavy atom. The number of carbonyl (C=O) groups excluding carboxylic acids is 4. The van der Waals surface area contributed by atoms with Crippen LogP contribution in [0.5, 0.6) is 0 Å². The van der Waals surface area contributed by atoms with Crippen LogP contribution in [0.15, 0.2) is 21.8 Å². The first kappa shape index (κ1) is 38.5. The second kappa shape index (κ2) is 16.3. The van der Waals surface area contributed by atoms with Crippen LogP contribution in [-0.4, -0.2) is 109 Å². The van der Waals surface area contributed by atoms with Gasteiger partial charge < -0.3 is 25.4 Å². The highest BCUT2D eigenvalue weighted by Gasteiger charge is 2.54. The van der Waals surface area contributed by atoms with Gasteiger partial charge in [0.25, 0.3) is 5.91 Å². The number of amides is 2. The van der Waals surface area contributed by atoms with Gasteiger partial charge in [-0.25, -0.2) is 14.5 Å². The molecule has 3 N–H and O–H groups in total. The number of hydrogen-bond donors (Lipinski definition) is 2. The van der Waals surface area contributed by atoms with Crippen molar-refractivity contribution in [1.29, 1.82) is 0 Å². The predicted octanol–water partition coefficient (Wildman–Crippen LogP) is 1.58. The van der Waals surface area contributed by atoms with E-state index in [0.29, 0.717) is 39.6 Å². The average Bonchev–Trinajstić information content (AvgIpc) is 3.55. The maximum atomic E-state index is 13.5. The Kier molecular flexibility index (Phi) is 13.9. The summed E-state index contributed by atoms with van der Waals surface area (Å²) in [5.41, 5.74) is 6.05. The van der Waals surface area contributed by atoms with E-state index in [2.05, 4.69) is 25.8 Å². The van der Waals surface area contributed by atoms with Gasteiger partial charge in [-0.2, -0.15) is 0 Å². The molecule has 2 aliphatic heterocycles. The summed E-state index contributed by atoms with van der Waals surface area (Å²) in [5, 5.41) is 16.7. The molecule has 1 unspecified atom stereocenters. The van der Waals surface area contributed by atoms with Crippen molar-refractivity contribution in [3.05, 3.63) is 22.3 Å². The Balaban J connectivity index is 0.00000353. The summed E-state index contributed by atoms with van der Waals surface area (Å²) >= 11 is 3.98. The van der Waals surface area contributed by atoms with Crippen LogP contribution in [-0.2, 0) is 41.6 Å². The Bertz CT molecular complexity index is 1410. The minimum Gasteiger partial charge on any atom is -0.425 e. The number of rotatable bonds is 12. The van der Waals surface area contributed by atoms with E-state index >= 15 is 0 Å². The van der Waals surface area contributed by atoms with Crippen LogP contribution in [0.2, 0.25) is 0 Å². The number of tetrazole rings is 1. The summed E-state index contributed by atoms with van der Waals surface area (Å²) in [7, 11) is 3.90. The van der Waals surface area contributed by atoms with Gasteiger partial charge in [0.2, 0.25) is 17.4 Å². The van der Waals surface area contributed by atoms with Gasteiger partial charge >= 0.3 is 11.9 Å². The molecular weight excluding hydrogens is 689 g/mol. The molecule has 0 saturated carbocycles. The average molecular weight is 727 g/mol. The molecule has 20 heteroatoms. The molecule has 0 aromatic carbocycles. The summed E-state index contributed by atoms with van der Waals surface area (Å²) in [5.74, 6) is -1.49. The Labute approximate surface area is 285 Å². The van der Waals surface area contributed by atoms with Crippen molar-refractivity contribution < 1.29 is 28.7 Å². The number of carbonyl (C=O) groups is 4. The molecule has 4 rings (SSSR count). The second-order valence-electron chi connectivity index (χ2n) is 11.2. The van der Waals surface area contributed by atoms with Crippen LogP contribution in [0.4, 0.5) is 5.13 Å². The van der Waals surface area contributed by atoms with Gasteiger partial charge in [-0.3, -0.25) is 19.3 Å². The number of fused-ring (bicyclic) bond motifs is 1. The third-order valence-electron chi connectivity index (χ3n) is 6.26. The Morgan fingerprint density at radius 1 is 1.24 bits per heavy atom. The monoisotopic (exact) mass is 725 g/mol. The predicted molar refractivity (Wildman–Crippen MR) is 175 cm³/mol. The van der Waals surface area contributed by atoms with Gasteiger partial charge in [0.1, 0.15) is 17.1 Å². The number of halogens is 2. The van der Waals surface area contributed by atoms with Gasteiger partial charge in [0, 0.05) is 30.4 Å². The van der Waals surface area contributed by atoms with Gasteiger partial charge in [0.05, 0.1) is 24.1 Å². The van der Waals surface area contributed by atoms with Crippen molar-refractivity contribution in [2.45, 2.75) is 63.5 Å². The van der Waals surface area contributed by atoms with E-state index in [9.17, 15) is 19.2 Å². The number of likely N-dealkylation sites (N-methyl/N-ethyl adjacent to an activating group) is 1. The fraction of sp³-hybridized carbons (Fsp3) is 0.600. The minimum atomic E-state index is -1.19. The topological polar surface area (TPSA) is 188 Å². The minimum absolute atomic E-state index is 0. The standard InChI is InChI=1S/C25H35N9O6S3.2ClH/c1-13(40-22(38)25(2,3)4)39-21(37)18-14(11-43-24-29-30-31-33(24)8-7-32(5)6)10-41-20-17(19(36)34(18)20)28-16(35)9-15-12-42-23(26)27-15;;/h12-13,17,20H,7-11H2,1-6H3,(H2,26,27)(H,28,35);2*1H/t13?,17-,20-;;/m1../s1. The Morgan fingerprint density at radius 3 is 2.58 bits per heavy atom. The zero-order chi connectivity index (χ0) is 31.5. The van der Waals surface area contributed by atoms with E-state index < -0.39 is 41.0 Å². The number of esters is 2. The number of ether oxygens (including phenoxy) is 2. The van der Waals surface area contributed by atoms with Crippen LogP contribution in [0, 0.1) is 5.41 Å². The van der Waals surface area contributed by atoms with E-state index in [1.54, 1.807) is 30.8 Å². The third kappa shape index (κ3) is 9.68. The van der Waals surface area contributed by atoms with Crippen LogP contribution in [0.3, 0.4) is 0 Å². The van der Waals surface area contributed by atoms with Crippen LogP contribution in [0.1, 0.15) is 33.4 Å². The molecule has 2 aliphatic rings. The number of nitrogens with zero attached hydrogens (tertiary/aromatic N) is 7. The smallest absolute Gasteiger partial charge is 0.358 e. The van der Waals surface area contributed by atoms with Gasteiger partial charge in [-0.15, -0.1) is 53.0 Å². The molecule has 3 atom stereocenters. The number of hydrogen-bond acceptors (Lipinski definition) is 15. The molecule has 0 radical (unpaired) electrons. The highest BCUT2D eigenvalue weighted by molar-refractivity contribution is 8.01. The first-order valence-electron chi connectivity index (χ1n) is 13.4. The van der Waals surface area contributed by atoms with E-state index in [-0.39, 0.29) is 42.8 Å². The number of thiazole rings is 1. The number of nitrogens with two attached hydrogens (primary N) is 1. The third-order valence-corrected chi connectivity index (χ3v) is 9.37. The number of nitrogens with one attached hydrogen (secondary N) is 1. The lowest BCUT2D eigenvalue weighted by atomic mass is 9.97. The lowest BCUT2D eigenvalue weighted by Crippen LogP contribution is -2.70. The van der Waals surface area contributed by atoms with Crippen molar-refractivity contribution in [2.75, 3.05) is 37.9 Å². The molecule has 2 amide bonds. The van der Waals surface area contributed by atoms with Crippen molar-refractivity contribution >= 4 is 88.6 Å².